The zero-order valence-electron chi connectivity index (χ0n) is 15.3. The third kappa shape index (κ3) is 8.77. The van der Waals surface area contributed by atoms with Crippen LogP contribution in [0, 0.1) is 0 Å². The number of rotatable bonds is 13. The van der Waals surface area contributed by atoms with Crippen molar-refractivity contribution in [3.05, 3.63) is 40.7 Å². The normalized spacial score (nSPS) is 11.1. The summed E-state index contributed by atoms with van der Waals surface area (Å²) in [4.78, 5) is 4.58. The lowest BCUT2D eigenvalue weighted by atomic mass is 10.1. The van der Waals surface area contributed by atoms with Crippen molar-refractivity contribution in [2.75, 3.05) is 0 Å². The molecule has 0 aliphatic rings. The van der Waals surface area contributed by atoms with Crippen LogP contribution >= 0.6 is 23.4 Å². The van der Waals surface area contributed by atoms with Gasteiger partial charge < -0.3 is 0 Å². The average Bonchev–Trinajstić information content (AvgIpc) is 3.08. The van der Waals surface area contributed by atoms with Crippen LogP contribution in [-0.4, -0.2) is 15.2 Å². The van der Waals surface area contributed by atoms with E-state index in [0.29, 0.717) is 0 Å². The molecule has 1 aromatic heterocycles. The maximum absolute atomic E-state index is 5.90. The highest BCUT2D eigenvalue weighted by Crippen LogP contribution is 2.20. The molecule has 0 aliphatic heterocycles. The van der Waals surface area contributed by atoms with Crippen molar-refractivity contribution in [1.29, 1.82) is 0 Å². The topological polar surface area (TPSA) is 41.6 Å². The van der Waals surface area contributed by atoms with E-state index in [0.717, 1.165) is 28.2 Å². The van der Waals surface area contributed by atoms with Crippen LogP contribution in [0.25, 0.3) is 0 Å². The first-order valence-corrected chi connectivity index (χ1v) is 10.9. The van der Waals surface area contributed by atoms with Gasteiger partial charge in [-0.15, -0.1) is 5.10 Å². The van der Waals surface area contributed by atoms with E-state index in [-0.39, 0.29) is 0 Å². The Balaban J connectivity index is 1.54. The van der Waals surface area contributed by atoms with E-state index in [4.69, 9.17) is 11.6 Å². The maximum Gasteiger partial charge on any atom is 0.208 e. The maximum atomic E-state index is 5.90. The number of thioether (sulfide) groups is 1. The minimum Gasteiger partial charge on any atom is -0.262 e. The molecule has 0 saturated carbocycles. The zero-order chi connectivity index (χ0) is 17.7. The fourth-order valence-electron chi connectivity index (χ4n) is 2.79. The molecule has 138 valence electrons. The number of benzene rings is 1. The number of halogens is 1. The highest BCUT2D eigenvalue weighted by Gasteiger charge is 2.04. The fourth-order valence-corrected chi connectivity index (χ4v) is 3.68. The molecule has 0 atom stereocenters. The van der Waals surface area contributed by atoms with Crippen molar-refractivity contribution in [2.45, 2.75) is 82.0 Å². The van der Waals surface area contributed by atoms with E-state index < -0.39 is 0 Å². The smallest absolute Gasteiger partial charge is 0.208 e. The van der Waals surface area contributed by atoms with E-state index in [2.05, 4.69) is 22.1 Å². The lowest BCUT2D eigenvalue weighted by Gasteiger charge is -2.01. The van der Waals surface area contributed by atoms with Gasteiger partial charge in [-0.05, 0) is 24.1 Å². The van der Waals surface area contributed by atoms with Crippen LogP contribution in [0.15, 0.2) is 29.4 Å². The molecule has 0 amide bonds. The van der Waals surface area contributed by atoms with Gasteiger partial charge in [-0.3, -0.25) is 5.10 Å². The Bertz CT molecular complexity index is 583. The average molecular weight is 380 g/mol. The third-order valence-electron chi connectivity index (χ3n) is 4.31. The molecular weight excluding hydrogens is 350 g/mol. The molecule has 0 unspecified atom stereocenters. The van der Waals surface area contributed by atoms with Crippen molar-refractivity contribution >= 4 is 23.4 Å². The minimum absolute atomic E-state index is 0.773. The lowest BCUT2D eigenvalue weighted by Crippen LogP contribution is -1.89. The number of aryl methyl sites for hydroxylation is 1. The van der Waals surface area contributed by atoms with Gasteiger partial charge in [0.2, 0.25) is 5.16 Å². The molecule has 25 heavy (non-hydrogen) atoms. The summed E-state index contributed by atoms with van der Waals surface area (Å²) in [5.41, 5.74) is 1.24. The van der Waals surface area contributed by atoms with E-state index >= 15 is 0 Å². The second kappa shape index (κ2) is 12.4. The molecular formula is C20H30ClN3S. The summed E-state index contributed by atoms with van der Waals surface area (Å²) < 4.78 is 0. The molecule has 1 aromatic carbocycles. The van der Waals surface area contributed by atoms with E-state index in [9.17, 15) is 0 Å². The summed E-state index contributed by atoms with van der Waals surface area (Å²) in [6.07, 6.45) is 13.2. The van der Waals surface area contributed by atoms with Gasteiger partial charge in [-0.2, -0.15) is 0 Å². The summed E-state index contributed by atoms with van der Waals surface area (Å²) in [6.45, 7) is 2.27. The number of aromatic amines is 1. The number of aromatic nitrogens is 3. The van der Waals surface area contributed by atoms with Crippen LogP contribution in [0.4, 0.5) is 0 Å². The van der Waals surface area contributed by atoms with Gasteiger partial charge in [0, 0.05) is 17.2 Å². The Hall–Kier alpha value is -1.00. The van der Waals surface area contributed by atoms with Gasteiger partial charge >= 0.3 is 0 Å². The molecule has 0 radical (unpaired) electrons. The quantitative estimate of drug-likeness (QED) is 0.306. The van der Waals surface area contributed by atoms with Crippen molar-refractivity contribution in [1.82, 2.24) is 15.2 Å². The Labute approximate surface area is 161 Å². The van der Waals surface area contributed by atoms with Gasteiger partial charge in [-0.25, -0.2) is 4.98 Å². The first-order chi connectivity index (χ1) is 12.3. The molecule has 3 nitrogen and oxygen atoms in total. The number of unbranched alkanes of at least 4 members (excludes halogenated alkanes) is 8. The SMILES string of the molecule is CCCCCCCCCCCc1nc(SCc2ccc(Cl)cc2)n[nH]1. The summed E-state index contributed by atoms with van der Waals surface area (Å²) in [7, 11) is 0. The van der Waals surface area contributed by atoms with Gasteiger partial charge in [0.05, 0.1) is 0 Å². The summed E-state index contributed by atoms with van der Waals surface area (Å²) in [6, 6.07) is 7.94. The highest BCUT2D eigenvalue weighted by atomic mass is 35.5. The molecule has 0 aliphatic carbocycles. The predicted octanol–water partition coefficient (Wildman–Crippen LogP) is 6.82. The zero-order valence-corrected chi connectivity index (χ0v) is 16.8. The van der Waals surface area contributed by atoms with E-state index in [1.807, 2.05) is 24.3 Å². The van der Waals surface area contributed by atoms with Crippen molar-refractivity contribution in [3.63, 3.8) is 0 Å². The predicted molar refractivity (Wildman–Crippen MR) is 108 cm³/mol. The molecule has 1 N–H and O–H groups in total. The van der Waals surface area contributed by atoms with E-state index in [1.54, 1.807) is 11.8 Å². The second-order valence-electron chi connectivity index (χ2n) is 6.56. The summed E-state index contributed by atoms with van der Waals surface area (Å²) in [5.74, 6) is 1.88. The molecule has 0 fully saturated rings. The van der Waals surface area contributed by atoms with Crippen LogP contribution in [0.2, 0.25) is 5.02 Å². The standard InChI is InChI=1S/C20H30ClN3S/c1-2-3-4-5-6-7-8-9-10-11-19-22-20(24-23-19)25-16-17-12-14-18(21)15-13-17/h12-15H,2-11,16H2,1H3,(H,22,23,24). The van der Waals surface area contributed by atoms with Crippen LogP contribution in [-0.2, 0) is 12.2 Å². The highest BCUT2D eigenvalue weighted by molar-refractivity contribution is 7.98. The molecule has 0 spiro atoms. The number of nitrogens with one attached hydrogen (secondary N) is 1. The minimum atomic E-state index is 0.773. The molecule has 0 saturated heterocycles. The number of nitrogens with zero attached hydrogens (tertiary/aromatic N) is 2. The lowest BCUT2D eigenvalue weighted by molar-refractivity contribution is 0.562. The largest absolute Gasteiger partial charge is 0.262 e. The Morgan fingerprint density at radius 2 is 1.56 bits per heavy atom. The first-order valence-electron chi connectivity index (χ1n) is 9.56. The summed E-state index contributed by atoms with van der Waals surface area (Å²) >= 11 is 7.56. The van der Waals surface area contributed by atoms with Gasteiger partial charge in [0.15, 0.2) is 0 Å². The molecule has 2 aromatic rings. The number of H-pyrrole nitrogens is 1. The van der Waals surface area contributed by atoms with E-state index in [1.165, 1.54) is 63.4 Å². The Morgan fingerprint density at radius 3 is 2.24 bits per heavy atom. The number of hydrogen-bond donors (Lipinski definition) is 1. The fraction of sp³-hybridized carbons (Fsp3) is 0.600. The second-order valence-corrected chi connectivity index (χ2v) is 7.94. The summed E-state index contributed by atoms with van der Waals surface area (Å²) in [5, 5.41) is 8.99. The van der Waals surface area contributed by atoms with Crippen LogP contribution in [0.5, 0.6) is 0 Å². The molecule has 0 bridgehead atoms. The molecule has 1 heterocycles. The van der Waals surface area contributed by atoms with Crippen LogP contribution in [0.3, 0.4) is 0 Å². The van der Waals surface area contributed by atoms with Crippen molar-refractivity contribution in [3.8, 4) is 0 Å². The third-order valence-corrected chi connectivity index (χ3v) is 5.48. The van der Waals surface area contributed by atoms with Gasteiger partial charge in [-0.1, -0.05) is 93.8 Å². The molecule has 5 heteroatoms. The monoisotopic (exact) mass is 379 g/mol. The van der Waals surface area contributed by atoms with Crippen molar-refractivity contribution in [2.24, 2.45) is 0 Å². The first kappa shape index (κ1) is 20.3. The van der Waals surface area contributed by atoms with Crippen LogP contribution < -0.4 is 0 Å². The van der Waals surface area contributed by atoms with Gasteiger partial charge in [0.25, 0.3) is 0 Å². The molecule has 2 rings (SSSR count). The van der Waals surface area contributed by atoms with Crippen LogP contribution in [0.1, 0.15) is 76.1 Å². The van der Waals surface area contributed by atoms with Crippen molar-refractivity contribution < 1.29 is 0 Å². The Morgan fingerprint density at radius 1 is 0.920 bits per heavy atom. The Kier molecular flexibility index (Phi) is 10.1. The van der Waals surface area contributed by atoms with Gasteiger partial charge in [0.1, 0.15) is 5.82 Å². The number of hydrogen-bond acceptors (Lipinski definition) is 3.